The van der Waals surface area contributed by atoms with Crippen molar-refractivity contribution in [1.82, 2.24) is 0 Å². The van der Waals surface area contributed by atoms with Crippen LogP contribution in [0.15, 0.2) is 90.5 Å². The highest BCUT2D eigenvalue weighted by Gasteiger charge is 2.36. The van der Waals surface area contributed by atoms with E-state index in [-0.39, 0.29) is 17.8 Å². The van der Waals surface area contributed by atoms with Crippen LogP contribution in [0.25, 0.3) is 0 Å². The molecule has 0 unspecified atom stereocenters. The topological polar surface area (TPSA) is 81.7 Å². The molecule has 0 radical (unpaired) electrons. The molecule has 300 valence electrons. The lowest BCUT2D eigenvalue weighted by molar-refractivity contribution is -0.0361. The van der Waals surface area contributed by atoms with Gasteiger partial charge < -0.3 is 33.2 Å². The molecular weight excluding hydrogens is 705 g/mol. The Kier molecular flexibility index (Phi) is 14.7. The van der Waals surface area contributed by atoms with Crippen molar-refractivity contribution in [2.75, 3.05) is 28.4 Å². The number of fused-ring (bicyclic) bond motifs is 1. The van der Waals surface area contributed by atoms with Gasteiger partial charge in [-0.3, -0.25) is 4.79 Å². The normalized spacial score (nSPS) is 14.6. The molecule has 0 N–H and O–H groups in total. The zero-order valence-electron chi connectivity index (χ0n) is 34.8. The molecule has 0 aromatic heterocycles. The van der Waals surface area contributed by atoms with Gasteiger partial charge in [0.1, 0.15) is 28.9 Å². The number of ether oxygens (including phenoxy) is 7. The van der Waals surface area contributed by atoms with Gasteiger partial charge in [0.25, 0.3) is 0 Å². The standard InChI is InChI=1S/C48H60O8/c1-33(17-16-27-47(2,3)54-31-34-18-12-10-13-19-34)22-23-37-36(24-25-40(50-6)45(37)52-8)42-29-39(49)44-43(56-42)30-41(51-7)38(46(44)53-9)26-28-48(4,5)55-32-35-20-14-11-15-21-35/h10-15,18-22,24-25,30,42H,16-17,23,26-29,31-32H2,1-9H3/b33-22+/t42-/m0/s1. The van der Waals surface area contributed by atoms with Crippen molar-refractivity contribution in [3.8, 4) is 28.7 Å². The Hall–Kier alpha value is -4.79. The highest BCUT2D eigenvalue weighted by atomic mass is 16.5. The Bertz CT molecular complexity index is 1930. The van der Waals surface area contributed by atoms with Gasteiger partial charge in [-0.25, -0.2) is 0 Å². The van der Waals surface area contributed by atoms with Gasteiger partial charge >= 0.3 is 0 Å². The Labute approximate surface area is 334 Å². The molecule has 8 heteroatoms. The molecule has 0 bridgehead atoms. The fraction of sp³-hybridized carbons (Fsp3) is 0.438. The molecule has 1 aliphatic rings. The SMILES string of the molecule is COc1cc2c(c(OC)c1CCC(C)(C)OCc1ccccc1)C(=O)C[C@@H](c1ccc(OC)c(OC)c1C/C=C(\C)CCCC(C)(C)OCc1ccccc1)O2. The lowest BCUT2D eigenvalue weighted by Gasteiger charge is -2.31. The van der Waals surface area contributed by atoms with Crippen molar-refractivity contribution < 1.29 is 38.0 Å². The van der Waals surface area contributed by atoms with Crippen molar-refractivity contribution in [3.63, 3.8) is 0 Å². The number of carbonyl (C=O) groups is 1. The second-order valence-electron chi connectivity index (χ2n) is 15.7. The Morgan fingerprint density at radius 3 is 1.89 bits per heavy atom. The molecule has 1 atom stereocenters. The summed E-state index contributed by atoms with van der Waals surface area (Å²) in [5, 5.41) is 0. The largest absolute Gasteiger partial charge is 0.496 e. The zero-order valence-corrected chi connectivity index (χ0v) is 34.8. The van der Waals surface area contributed by atoms with E-state index in [4.69, 9.17) is 33.2 Å². The number of allylic oxidation sites excluding steroid dienone is 2. The van der Waals surface area contributed by atoms with Crippen LogP contribution in [-0.2, 0) is 35.5 Å². The molecule has 1 aliphatic heterocycles. The summed E-state index contributed by atoms with van der Waals surface area (Å²) in [4.78, 5) is 14.1. The molecule has 0 aliphatic carbocycles. The van der Waals surface area contributed by atoms with E-state index in [0.29, 0.717) is 66.8 Å². The van der Waals surface area contributed by atoms with Crippen molar-refractivity contribution in [3.05, 3.63) is 124 Å². The number of ketones is 1. The summed E-state index contributed by atoms with van der Waals surface area (Å²) in [6.07, 6.45) is 6.55. The Balaban J connectivity index is 1.32. The third-order valence-corrected chi connectivity index (χ3v) is 10.6. The van der Waals surface area contributed by atoms with Crippen LogP contribution in [0.1, 0.15) is 111 Å². The summed E-state index contributed by atoms with van der Waals surface area (Å²) in [6, 6.07) is 26.1. The first-order valence-electron chi connectivity index (χ1n) is 19.6. The van der Waals surface area contributed by atoms with Crippen LogP contribution in [0.3, 0.4) is 0 Å². The molecule has 4 aromatic rings. The maximum atomic E-state index is 14.1. The van der Waals surface area contributed by atoms with Crippen LogP contribution in [0.2, 0.25) is 0 Å². The second kappa shape index (κ2) is 19.4. The van der Waals surface area contributed by atoms with Gasteiger partial charge in [0.2, 0.25) is 0 Å². The van der Waals surface area contributed by atoms with E-state index in [0.717, 1.165) is 41.5 Å². The van der Waals surface area contributed by atoms with Crippen LogP contribution in [0.5, 0.6) is 28.7 Å². The maximum Gasteiger partial charge on any atom is 0.174 e. The van der Waals surface area contributed by atoms with Gasteiger partial charge in [-0.15, -0.1) is 0 Å². The number of hydrogen-bond donors (Lipinski definition) is 0. The van der Waals surface area contributed by atoms with Crippen LogP contribution >= 0.6 is 0 Å². The maximum absolute atomic E-state index is 14.1. The molecular formula is C48H60O8. The van der Waals surface area contributed by atoms with Gasteiger partial charge in [-0.1, -0.05) is 78.4 Å². The summed E-state index contributed by atoms with van der Waals surface area (Å²) in [7, 11) is 6.50. The quantitative estimate of drug-likeness (QED) is 0.0823. The third-order valence-electron chi connectivity index (χ3n) is 10.6. The van der Waals surface area contributed by atoms with E-state index < -0.39 is 11.7 Å². The number of Topliss-reactive ketones (excluding diaryl/α,β-unsaturated/α-hetero) is 1. The Morgan fingerprint density at radius 1 is 0.732 bits per heavy atom. The highest BCUT2D eigenvalue weighted by molar-refractivity contribution is 6.03. The minimum Gasteiger partial charge on any atom is -0.496 e. The molecule has 0 spiro atoms. The summed E-state index contributed by atoms with van der Waals surface area (Å²) in [5.74, 6) is 2.73. The Morgan fingerprint density at radius 2 is 1.32 bits per heavy atom. The fourth-order valence-corrected chi connectivity index (χ4v) is 7.26. The van der Waals surface area contributed by atoms with Crippen molar-refractivity contribution in [2.45, 2.75) is 110 Å². The number of rotatable bonds is 20. The van der Waals surface area contributed by atoms with Crippen LogP contribution < -0.4 is 23.7 Å². The molecule has 1 heterocycles. The van der Waals surface area contributed by atoms with E-state index >= 15 is 0 Å². The number of benzene rings is 4. The van der Waals surface area contributed by atoms with E-state index in [9.17, 15) is 4.79 Å². The van der Waals surface area contributed by atoms with Gasteiger partial charge in [0.05, 0.1) is 59.3 Å². The van der Waals surface area contributed by atoms with Gasteiger partial charge in [-0.2, -0.15) is 0 Å². The monoisotopic (exact) mass is 764 g/mol. The van der Waals surface area contributed by atoms with Crippen molar-refractivity contribution >= 4 is 5.78 Å². The smallest absolute Gasteiger partial charge is 0.174 e. The minimum absolute atomic E-state index is 0.0545. The van der Waals surface area contributed by atoms with E-state index in [1.54, 1.807) is 28.4 Å². The van der Waals surface area contributed by atoms with E-state index in [1.807, 2.05) is 54.6 Å². The first-order valence-corrected chi connectivity index (χ1v) is 19.6. The molecule has 4 aromatic carbocycles. The second-order valence-corrected chi connectivity index (χ2v) is 15.7. The molecule has 5 rings (SSSR count). The van der Waals surface area contributed by atoms with Gasteiger partial charge in [-0.05, 0) is 90.3 Å². The first-order chi connectivity index (χ1) is 26.9. The third kappa shape index (κ3) is 10.9. The van der Waals surface area contributed by atoms with Crippen LogP contribution in [0, 0.1) is 0 Å². The predicted octanol–water partition coefficient (Wildman–Crippen LogP) is 11.0. The summed E-state index contributed by atoms with van der Waals surface area (Å²) in [6.45, 7) is 11.7. The minimum atomic E-state index is -0.549. The molecule has 0 saturated carbocycles. The van der Waals surface area contributed by atoms with Crippen LogP contribution in [0.4, 0.5) is 0 Å². The van der Waals surface area contributed by atoms with Crippen LogP contribution in [-0.4, -0.2) is 45.4 Å². The number of hydrogen-bond acceptors (Lipinski definition) is 8. The molecule has 0 saturated heterocycles. The predicted molar refractivity (Wildman–Crippen MR) is 222 cm³/mol. The molecule has 0 amide bonds. The van der Waals surface area contributed by atoms with Gasteiger partial charge in [0, 0.05) is 22.8 Å². The highest BCUT2D eigenvalue weighted by Crippen LogP contribution is 2.48. The molecule has 56 heavy (non-hydrogen) atoms. The van der Waals surface area contributed by atoms with E-state index in [1.165, 1.54) is 11.1 Å². The first kappa shape index (κ1) is 42.4. The molecule has 8 nitrogen and oxygen atoms in total. The average Bonchev–Trinajstić information content (AvgIpc) is 3.20. The lowest BCUT2D eigenvalue weighted by atomic mass is 9.88. The zero-order chi connectivity index (χ0) is 40.3. The van der Waals surface area contributed by atoms with E-state index in [2.05, 4.69) is 65.0 Å². The number of methoxy groups -OCH3 is 4. The fourth-order valence-electron chi connectivity index (χ4n) is 7.26. The summed E-state index contributed by atoms with van der Waals surface area (Å²) >= 11 is 0. The number of carbonyl (C=O) groups excluding carboxylic acids is 1. The van der Waals surface area contributed by atoms with Crippen molar-refractivity contribution in [1.29, 1.82) is 0 Å². The summed E-state index contributed by atoms with van der Waals surface area (Å²) < 4.78 is 42.8. The lowest BCUT2D eigenvalue weighted by Crippen LogP contribution is -2.26. The van der Waals surface area contributed by atoms with Gasteiger partial charge in [0.15, 0.2) is 17.3 Å². The summed E-state index contributed by atoms with van der Waals surface area (Å²) in [5.41, 5.74) is 5.95. The average molecular weight is 765 g/mol. The molecule has 0 fully saturated rings. The van der Waals surface area contributed by atoms with Crippen molar-refractivity contribution in [2.24, 2.45) is 0 Å².